The second-order valence-electron chi connectivity index (χ2n) is 10.3. The molecule has 7 unspecified atom stereocenters. The number of hydrogen-bond acceptors (Lipinski definition) is 7. The van der Waals surface area contributed by atoms with E-state index in [-0.39, 0.29) is 58.8 Å². The first-order chi connectivity index (χ1) is 13.0. The number of fused-ring (bicyclic) bond motifs is 5. The molecule has 4 aliphatic rings. The van der Waals surface area contributed by atoms with Crippen LogP contribution in [0.3, 0.4) is 0 Å². The van der Waals surface area contributed by atoms with E-state index in [1.165, 1.54) is 0 Å². The molecule has 2 heterocycles. The van der Waals surface area contributed by atoms with Gasteiger partial charge in [-0.25, -0.2) is 4.79 Å². The van der Waals surface area contributed by atoms with E-state index in [4.69, 9.17) is 19.0 Å². The molecule has 4 rings (SSSR count). The van der Waals surface area contributed by atoms with Crippen molar-refractivity contribution in [3.8, 4) is 0 Å². The minimum absolute atomic E-state index is 0.00589. The van der Waals surface area contributed by atoms with E-state index in [1.54, 1.807) is 7.11 Å². The van der Waals surface area contributed by atoms with E-state index in [1.807, 2.05) is 20.6 Å². The number of nitrogens with one attached hydrogen (secondary N) is 1. The average molecular weight is 395 g/mol. The number of cyclic esters (lactones) is 1. The van der Waals surface area contributed by atoms with Gasteiger partial charge in [-0.3, -0.25) is 10.1 Å². The molecule has 0 aromatic rings. The molecule has 7 nitrogen and oxygen atoms in total. The molecule has 7 heteroatoms. The molecule has 0 radical (unpaired) electrons. The third-order valence-electron chi connectivity index (χ3n) is 7.06. The molecule has 0 aromatic carbocycles. The molecule has 28 heavy (non-hydrogen) atoms. The second kappa shape index (κ2) is 6.80. The highest BCUT2D eigenvalue weighted by molar-refractivity contribution is 5.88. The van der Waals surface area contributed by atoms with Crippen LogP contribution in [0.4, 0.5) is 0 Å². The van der Waals surface area contributed by atoms with Crippen molar-refractivity contribution in [2.45, 2.75) is 70.7 Å². The van der Waals surface area contributed by atoms with Crippen LogP contribution in [0.15, 0.2) is 0 Å². The maximum absolute atomic E-state index is 13.2. The normalized spacial score (nSPS) is 42.3. The van der Waals surface area contributed by atoms with Gasteiger partial charge in [0.1, 0.15) is 18.4 Å². The fraction of sp³-hybridized carbons (Fsp3) is 0.857. The molecule has 2 bridgehead atoms. The summed E-state index contributed by atoms with van der Waals surface area (Å²) in [5.74, 6) is 0.0390. The molecule has 2 saturated carbocycles. The largest absolute Gasteiger partial charge is 0.465 e. The summed E-state index contributed by atoms with van der Waals surface area (Å²) in [6.45, 7) is 13.0. The van der Waals surface area contributed by atoms with Gasteiger partial charge in [-0.2, -0.15) is 0 Å². The molecule has 7 atom stereocenters. The van der Waals surface area contributed by atoms with Gasteiger partial charge in [-0.05, 0) is 32.1 Å². The lowest BCUT2D eigenvalue weighted by Gasteiger charge is -2.36. The number of ether oxygens (including phenoxy) is 3. The van der Waals surface area contributed by atoms with Crippen LogP contribution in [-0.4, -0.2) is 55.7 Å². The molecule has 0 spiro atoms. The van der Waals surface area contributed by atoms with Crippen LogP contribution >= 0.6 is 0 Å². The van der Waals surface area contributed by atoms with Gasteiger partial charge in [0.2, 0.25) is 0 Å². The molecule has 2 aliphatic heterocycles. The fourth-order valence-electron chi connectivity index (χ4n) is 5.90. The Labute approximate surface area is 166 Å². The van der Waals surface area contributed by atoms with Crippen molar-refractivity contribution in [3.05, 3.63) is 0 Å². The number of carbonyl (C=O) groups excluding carboxylic acids is 3. The number of methoxy groups -OCH3 is 1. The monoisotopic (exact) mass is 395 g/mol. The van der Waals surface area contributed by atoms with Crippen molar-refractivity contribution in [3.63, 3.8) is 0 Å². The maximum Gasteiger partial charge on any atom is 0.328 e. The van der Waals surface area contributed by atoms with Gasteiger partial charge in [-0.15, -0.1) is 0 Å². The predicted octanol–water partition coefficient (Wildman–Crippen LogP) is 1.72. The molecule has 2 saturated heterocycles. The summed E-state index contributed by atoms with van der Waals surface area (Å²) in [6, 6.07) is 0. The van der Waals surface area contributed by atoms with Crippen LogP contribution in [0, 0.1) is 29.1 Å². The fourth-order valence-corrected chi connectivity index (χ4v) is 5.90. The number of rotatable bonds is 4. The quantitative estimate of drug-likeness (QED) is 0.571. The molecule has 0 aromatic heterocycles. The predicted molar refractivity (Wildman–Crippen MR) is 101 cm³/mol. The molecule has 2 aliphatic carbocycles. The third kappa shape index (κ3) is 3.07. The van der Waals surface area contributed by atoms with Gasteiger partial charge in [-0.1, -0.05) is 20.8 Å². The number of hydrogen-bond donors (Lipinski definition) is 1. The summed E-state index contributed by atoms with van der Waals surface area (Å²) in [6.07, 6.45) is 1.09. The van der Waals surface area contributed by atoms with E-state index in [0.29, 0.717) is 6.61 Å². The Morgan fingerprint density at radius 2 is 1.82 bits per heavy atom. The topological polar surface area (TPSA) is 101 Å². The zero-order chi connectivity index (χ0) is 21.1. The summed E-state index contributed by atoms with van der Waals surface area (Å²) in [4.78, 5) is 33.3. The van der Waals surface area contributed by atoms with Crippen LogP contribution in [0.2, 0.25) is 0 Å². The lowest BCUT2D eigenvalue weighted by atomic mass is 9.77. The minimum Gasteiger partial charge on any atom is -0.465 e. The molecular formula is C21H33NO6. The van der Waals surface area contributed by atoms with Crippen LogP contribution in [-0.2, 0) is 28.6 Å². The van der Waals surface area contributed by atoms with E-state index in [2.05, 4.69) is 26.1 Å². The summed E-state index contributed by atoms with van der Waals surface area (Å²) < 4.78 is 17.1. The first kappa shape index (κ1) is 21.2. The average Bonchev–Trinajstić information content (AvgIpc) is 3.00. The highest BCUT2D eigenvalue weighted by Gasteiger charge is 2.70. The number of esters is 2. The summed E-state index contributed by atoms with van der Waals surface area (Å²) in [5, 5.41) is 3.39. The lowest BCUT2D eigenvalue weighted by Crippen LogP contribution is -2.48. The zero-order valence-electron chi connectivity index (χ0n) is 17.7. The summed E-state index contributed by atoms with van der Waals surface area (Å²) in [5.41, 5.74) is -0.911. The molecular weight excluding hydrogens is 362 g/mol. The zero-order valence-corrected chi connectivity index (χ0v) is 17.7. The Morgan fingerprint density at radius 1 is 1.21 bits per heavy atom. The van der Waals surface area contributed by atoms with Crippen molar-refractivity contribution in [1.29, 1.82) is 0 Å². The van der Waals surface area contributed by atoms with Crippen LogP contribution in [0.5, 0.6) is 0 Å². The van der Waals surface area contributed by atoms with Crippen LogP contribution in [0.1, 0.15) is 47.5 Å². The maximum atomic E-state index is 13.2. The third-order valence-corrected chi connectivity index (χ3v) is 7.06. The second-order valence-corrected chi connectivity index (χ2v) is 10.3. The Balaban J connectivity index is 0.00000109. The van der Waals surface area contributed by atoms with Crippen molar-refractivity contribution in [1.82, 2.24) is 5.32 Å². The van der Waals surface area contributed by atoms with Gasteiger partial charge in [0.05, 0.1) is 18.6 Å². The highest BCUT2D eigenvalue weighted by Crippen LogP contribution is 2.57. The molecule has 158 valence electrons. The smallest absolute Gasteiger partial charge is 0.328 e. The minimum atomic E-state index is -0.646. The number of carbonyl (C=O) groups is 3. The van der Waals surface area contributed by atoms with Gasteiger partial charge in [0.15, 0.2) is 0 Å². The Bertz CT molecular complexity index is 656. The van der Waals surface area contributed by atoms with Gasteiger partial charge in [0.25, 0.3) is 0 Å². The van der Waals surface area contributed by atoms with Gasteiger partial charge < -0.3 is 19.0 Å². The van der Waals surface area contributed by atoms with Crippen LogP contribution in [0.25, 0.3) is 0 Å². The SMILES string of the molecule is C=O.COC1C2CC(C3COC(=O)C32)C1OC(=O)C1(CC(C)(C)C)NC1(C)C. The van der Waals surface area contributed by atoms with E-state index in [0.717, 1.165) is 12.8 Å². The standard InChI is InChI=1S/C20H31NO5.CH2O/c1-18(2,3)9-20(19(4,5)21-20)17(23)26-15-10-7-11(14(15)24-6)13-12(10)8-25-16(13)22;1-2/h10-15,21H,7-9H2,1-6H3;1H2. The summed E-state index contributed by atoms with van der Waals surface area (Å²) >= 11 is 0. The lowest BCUT2D eigenvalue weighted by molar-refractivity contribution is -0.169. The van der Waals surface area contributed by atoms with E-state index >= 15 is 0 Å². The van der Waals surface area contributed by atoms with Crippen molar-refractivity contribution < 1.29 is 28.6 Å². The Morgan fingerprint density at radius 3 is 2.32 bits per heavy atom. The van der Waals surface area contributed by atoms with E-state index < -0.39 is 5.54 Å². The first-order valence-corrected chi connectivity index (χ1v) is 9.99. The van der Waals surface area contributed by atoms with Gasteiger partial charge in [0, 0.05) is 30.4 Å². The van der Waals surface area contributed by atoms with Crippen molar-refractivity contribution in [2.24, 2.45) is 29.1 Å². The van der Waals surface area contributed by atoms with Crippen LogP contribution < -0.4 is 5.32 Å². The van der Waals surface area contributed by atoms with Crippen molar-refractivity contribution >= 4 is 18.7 Å². The Kier molecular flexibility index (Phi) is 5.16. The Hall–Kier alpha value is -1.47. The molecule has 4 fully saturated rings. The van der Waals surface area contributed by atoms with Crippen molar-refractivity contribution in [2.75, 3.05) is 13.7 Å². The highest BCUT2D eigenvalue weighted by atomic mass is 16.6. The summed E-state index contributed by atoms with van der Waals surface area (Å²) in [7, 11) is 1.64. The first-order valence-electron chi connectivity index (χ1n) is 9.99. The van der Waals surface area contributed by atoms with E-state index in [9.17, 15) is 9.59 Å². The molecule has 0 amide bonds. The van der Waals surface area contributed by atoms with Gasteiger partial charge >= 0.3 is 11.9 Å². The molecule has 1 N–H and O–H groups in total.